The molecule has 0 heterocycles. The molecule has 0 aromatic carbocycles. The molecule has 0 saturated carbocycles. The molecule has 0 amide bonds. The number of allylic oxidation sites excluding steroid dienone is 1. The first kappa shape index (κ1) is 10.2. The van der Waals surface area contributed by atoms with Crippen LogP contribution in [0.15, 0.2) is 12.3 Å². The molecule has 36 valence electrons. The van der Waals surface area contributed by atoms with E-state index in [0.29, 0.717) is 6.42 Å². The van der Waals surface area contributed by atoms with E-state index in [9.17, 15) is 5.11 Å². The van der Waals surface area contributed by atoms with Gasteiger partial charge in [-0.25, -0.2) is 0 Å². The van der Waals surface area contributed by atoms with Gasteiger partial charge in [-0.1, -0.05) is 13.3 Å². The van der Waals surface area contributed by atoms with Gasteiger partial charge in [-0.05, 0) is 6.42 Å². The maximum Gasteiger partial charge on any atom is 1.00 e. The molecule has 1 nitrogen and oxygen atoms in total. The summed E-state index contributed by atoms with van der Waals surface area (Å²) < 4.78 is 0. The van der Waals surface area contributed by atoms with Crippen LogP contribution >= 0.6 is 0 Å². The van der Waals surface area contributed by atoms with Crippen molar-refractivity contribution in [1.82, 2.24) is 0 Å². The molecule has 0 spiro atoms. The fourth-order valence-corrected chi connectivity index (χ4v) is 0.279. The zero-order valence-corrected chi connectivity index (χ0v) is 5.03. The first-order valence-corrected chi connectivity index (χ1v) is 2.12. The molecule has 0 aliphatic carbocycles. The minimum Gasteiger partial charge on any atom is -0.876 e. The van der Waals surface area contributed by atoms with Gasteiger partial charge in [0.25, 0.3) is 0 Å². The maximum absolute atomic E-state index is 9.93. The first-order chi connectivity index (χ1) is 2.77. The van der Waals surface area contributed by atoms with Crippen molar-refractivity contribution in [3.63, 3.8) is 0 Å². The molecule has 0 aromatic heterocycles. The molecule has 7 heavy (non-hydrogen) atoms. The topological polar surface area (TPSA) is 23.1 Å². The largest absolute Gasteiger partial charge is 1.00 e. The van der Waals surface area contributed by atoms with Gasteiger partial charge in [-0.15, -0.1) is 12.3 Å². The fourth-order valence-electron chi connectivity index (χ4n) is 0.279. The SMILES string of the molecule is C=C([O-])CCC.[Li+]. The number of hydrogen-bond donors (Lipinski definition) is 0. The van der Waals surface area contributed by atoms with Gasteiger partial charge >= 0.3 is 18.9 Å². The molecule has 2 heteroatoms. The summed E-state index contributed by atoms with van der Waals surface area (Å²) in [6.45, 7) is 5.15. The summed E-state index contributed by atoms with van der Waals surface area (Å²) in [5.41, 5.74) is 0. The molecule has 0 aliphatic heterocycles. The van der Waals surface area contributed by atoms with Gasteiger partial charge in [0.15, 0.2) is 0 Å². The van der Waals surface area contributed by atoms with Crippen molar-refractivity contribution in [3.8, 4) is 0 Å². The van der Waals surface area contributed by atoms with Crippen molar-refractivity contribution in [2.75, 3.05) is 0 Å². The van der Waals surface area contributed by atoms with E-state index in [-0.39, 0.29) is 24.6 Å². The Morgan fingerprint density at radius 3 is 2.14 bits per heavy atom. The Morgan fingerprint density at radius 1 is 1.71 bits per heavy atom. The van der Waals surface area contributed by atoms with E-state index >= 15 is 0 Å². The van der Waals surface area contributed by atoms with Crippen molar-refractivity contribution in [2.24, 2.45) is 0 Å². The van der Waals surface area contributed by atoms with Crippen LogP contribution in [0.3, 0.4) is 0 Å². The third kappa shape index (κ3) is 10.7. The average Bonchev–Trinajstić information content (AvgIpc) is 1.35. The summed E-state index contributed by atoms with van der Waals surface area (Å²) in [7, 11) is 0. The van der Waals surface area contributed by atoms with Crippen LogP contribution in [0.2, 0.25) is 0 Å². The van der Waals surface area contributed by atoms with Crippen LogP contribution in [0, 0.1) is 0 Å². The Labute approximate surface area is 56.6 Å². The molecule has 0 aliphatic rings. The first-order valence-electron chi connectivity index (χ1n) is 2.12. The van der Waals surface area contributed by atoms with Crippen molar-refractivity contribution in [1.29, 1.82) is 0 Å². The monoisotopic (exact) mass is 92.1 g/mol. The molecule has 0 rings (SSSR count). The Balaban J connectivity index is 0. The van der Waals surface area contributed by atoms with Crippen molar-refractivity contribution >= 4 is 0 Å². The number of rotatable bonds is 2. The van der Waals surface area contributed by atoms with E-state index in [1.807, 2.05) is 6.92 Å². The zero-order chi connectivity index (χ0) is 4.99. The Morgan fingerprint density at radius 2 is 2.14 bits per heavy atom. The van der Waals surface area contributed by atoms with Gasteiger partial charge in [0.05, 0.1) is 0 Å². The van der Waals surface area contributed by atoms with Gasteiger partial charge in [0, 0.05) is 0 Å². The normalized spacial score (nSPS) is 7.00. The third-order valence-corrected chi connectivity index (χ3v) is 0.529. The van der Waals surface area contributed by atoms with Crippen LogP contribution in [0.4, 0.5) is 0 Å². The van der Waals surface area contributed by atoms with Crippen LogP contribution in [0.5, 0.6) is 0 Å². The van der Waals surface area contributed by atoms with Crippen molar-refractivity contribution < 1.29 is 24.0 Å². The quantitative estimate of drug-likeness (QED) is 0.276. The molecule has 0 atom stereocenters. The smallest absolute Gasteiger partial charge is 0.876 e. The summed E-state index contributed by atoms with van der Waals surface area (Å²) in [4.78, 5) is 0. The molecule has 0 N–H and O–H groups in total. The summed E-state index contributed by atoms with van der Waals surface area (Å²) >= 11 is 0. The third-order valence-electron chi connectivity index (χ3n) is 0.529. The van der Waals surface area contributed by atoms with E-state index < -0.39 is 0 Å². The summed E-state index contributed by atoms with van der Waals surface area (Å²) in [5.74, 6) is 0.0394. The predicted octanol–water partition coefficient (Wildman–Crippen LogP) is -2.34. The van der Waals surface area contributed by atoms with Gasteiger partial charge in [-0.2, -0.15) is 0 Å². The second-order valence-corrected chi connectivity index (χ2v) is 1.29. The van der Waals surface area contributed by atoms with Crippen LogP contribution < -0.4 is 24.0 Å². The summed E-state index contributed by atoms with van der Waals surface area (Å²) in [6, 6.07) is 0. The Bertz CT molecular complexity index is 52.0. The van der Waals surface area contributed by atoms with E-state index in [1.165, 1.54) is 0 Å². The molecule has 0 aromatic rings. The predicted molar refractivity (Wildman–Crippen MR) is 24.0 cm³/mol. The van der Waals surface area contributed by atoms with Crippen molar-refractivity contribution in [3.05, 3.63) is 12.3 Å². The summed E-state index contributed by atoms with van der Waals surface area (Å²) in [6.07, 6.45) is 1.54. The number of hydrogen-bond acceptors (Lipinski definition) is 1. The molecule has 0 unspecified atom stereocenters. The molecule has 0 saturated heterocycles. The van der Waals surface area contributed by atoms with Crippen LogP contribution in [0.25, 0.3) is 0 Å². The Kier molecular flexibility index (Phi) is 8.93. The zero-order valence-electron chi connectivity index (χ0n) is 5.03. The molecule has 0 bridgehead atoms. The van der Waals surface area contributed by atoms with E-state index in [4.69, 9.17) is 0 Å². The van der Waals surface area contributed by atoms with Gasteiger partial charge in [0.2, 0.25) is 0 Å². The standard InChI is InChI=1S/C5H10O.Li/c1-3-4-5(2)6;/h6H,2-4H2,1H3;/q;+1/p-1. The van der Waals surface area contributed by atoms with Gasteiger partial charge < -0.3 is 5.11 Å². The van der Waals surface area contributed by atoms with Crippen LogP contribution in [0.1, 0.15) is 19.8 Å². The molecule has 0 fully saturated rings. The van der Waals surface area contributed by atoms with Gasteiger partial charge in [-0.3, -0.25) is 0 Å². The second kappa shape index (κ2) is 6.14. The molecule has 0 radical (unpaired) electrons. The Hall–Kier alpha value is 0.137. The van der Waals surface area contributed by atoms with E-state index in [0.717, 1.165) is 6.42 Å². The fraction of sp³-hybridized carbons (Fsp3) is 0.600. The van der Waals surface area contributed by atoms with Gasteiger partial charge in [0.1, 0.15) is 0 Å². The van der Waals surface area contributed by atoms with E-state index in [1.54, 1.807) is 0 Å². The maximum atomic E-state index is 9.93. The molecular formula is C5H9LiO. The van der Waals surface area contributed by atoms with Crippen molar-refractivity contribution in [2.45, 2.75) is 19.8 Å². The van der Waals surface area contributed by atoms with E-state index in [2.05, 4.69) is 6.58 Å². The van der Waals surface area contributed by atoms with Crippen LogP contribution in [-0.4, -0.2) is 0 Å². The second-order valence-electron chi connectivity index (χ2n) is 1.29. The molecular weight excluding hydrogens is 83.0 g/mol. The van der Waals surface area contributed by atoms with Crippen LogP contribution in [-0.2, 0) is 0 Å². The average molecular weight is 92.1 g/mol. The summed E-state index contributed by atoms with van der Waals surface area (Å²) in [5, 5.41) is 9.93. The minimum absolute atomic E-state index is 0. The minimum atomic E-state index is 0.